The van der Waals surface area contributed by atoms with Crippen LogP contribution in [-0.2, 0) is 13.1 Å². The van der Waals surface area contributed by atoms with Crippen molar-refractivity contribution in [1.82, 2.24) is 14.9 Å². The van der Waals surface area contributed by atoms with E-state index in [2.05, 4.69) is 26.9 Å². The Labute approximate surface area is 204 Å². The van der Waals surface area contributed by atoms with Crippen molar-refractivity contribution < 1.29 is 4.39 Å². The fourth-order valence-corrected chi connectivity index (χ4v) is 5.00. The highest BCUT2D eigenvalue weighted by Gasteiger charge is 2.22. The molecule has 0 amide bonds. The second kappa shape index (κ2) is 9.37. The molecular weight excluding hydrogens is 449 g/mol. The minimum absolute atomic E-state index is 0.146. The van der Waals surface area contributed by atoms with E-state index < -0.39 is 0 Å². The van der Waals surface area contributed by atoms with Crippen LogP contribution < -0.4 is 16.0 Å². The summed E-state index contributed by atoms with van der Waals surface area (Å²) in [5.41, 5.74) is 13.1. The van der Waals surface area contributed by atoms with Crippen molar-refractivity contribution in [2.24, 2.45) is 5.73 Å². The summed E-state index contributed by atoms with van der Waals surface area (Å²) in [6.45, 7) is 8.29. The predicted octanol–water partition coefficient (Wildman–Crippen LogP) is 5.03. The maximum atomic E-state index is 14.3. The van der Waals surface area contributed by atoms with Gasteiger partial charge in [0.05, 0.1) is 17.6 Å². The molecule has 176 valence electrons. The fraction of sp³-hybridized carbons (Fsp3) is 0.296. The van der Waals surface area contributed by atoms with E-state index in [0.717, 1.165) is 65.4 Å². The summed E-state index contributed by atoms with van der Waals surface area (Å²) in [4.78, 5) is 7.47. The highest BCUT2D eigenvalue weighted by atomic mass is 35.5. The van der Waals surface area contributed by atoms with Crippen LogP contribution in [0.2, 0.25) is 5.02 Å². The van der Waals surface area contributed by atoms with E-state index >= 15 is 0 Å². The van der Waals surface area contributed by atoms with Crippen LogP contribution in [-0.4, -0.2) is 35.7 Å². The molecule has 34 heavy (non-hydrogen) atoms. The average molecular weight is 478 g/mol. The molecule has 0 spiro atoms. The van der Waals surface area contributed by atoms with E-state index in [9.17, 15) is 4.39 Å². The lowest BCUT2D eigenvalue weighted by molar-refractivity contribution is 0.571. The molecule has 5 rings (SSSR count). The van der Waals surface area contributed by atoms with Crippen LogP contribution in [0.25, 0.3) is 22.2 Å². The van der Waals surface area contributed by atoms with Crippen molar-refractivity contribution in [2.75, 3.05) is 31.1 Å². The number of piperazine rings is 1. The van der Waals surface area contributed by atoms with Crippen molar-refractivity contribution in [3.63, 3.8) is 0 Å². The summed E-state index contributed by atoms with van der Waals surface area (Å²) in [6, 6.07) is 16.0. The molecule has 1 saturated heterocycles. The van der Waals surface area contributed by atoms with Crippen molar-refractivity contribution in [2.45, 2.75) is 26.9 Å². The summed E-state index contributed by atoms with van der Waals surface area (Å²) in [5, 5.41) is 4.07. The first-order valence-corrected chi connectivity index (χ1v) is 12.0. The third-order valence-corrected chi connectivity index (χ3v) is 6.75. The molecule has 7 heteroatoms. The normalized spacial score (nSPS) is 14.2. The molecule has 1 fully saturated rings. The van der Waals surface area contributed by atoms with Crippen molar-refractivity contribution in [3.05, 3.63) is 81.6 Å². The van der Waals surface area contributed by atoms with E-state index in [4.69, 9.17) is 22.3 Å². The number of nitrogens with two attached hydrogens (primary N) is 1. The van der Waals surface area contributed by atoms with Gasteiger partial charge in [-0.05, 0) is 53.8 Å². The van der Waals surface area contributed by atoms with Gasteiger partial charge in [0, 0.05) is 43.3 Å². The van der Waals surface area contributed by atoms with E-state index in [-0.39, 0.29) is 5.82 Å². The van der Waals surface area contributed by atoms with Crippen molar-refractivity contribution >= 4 is 28.6 Å². The van der Waals surface area contributed by atoms with Crippen molar-refractivity contribution in [3.8, 4) is 11.1 Å². The zero-order valence-corrected chi connectivity index (χ0v) is 20.3. The number of hydrogen-bond acceptors (Lipinski definition) is 4. The molecule has 5 nitrogen and oxygen atoms in total. The number of aromatic nitrogens is 2. The third-order valence-electron chi connectivity index (χ3n) is 6.54. The van der Waals surface area contributed by atoms with Gasteiger partial charge in [0.2, 0.25) is 5.95 Å². The summed E-state index contributed by atoms with van der Waals surface area (Å²) in [6.07, 6.45) is 0. The summed E-state index contributed by atoms with van der Waals surface area (Å²) in [7, 11) is 0. The minimum Gasteiger partial charge on any atom is -0.340 e. The SMILES string of the molecule is Cc1cc(Cn2c(N3CCNCC3)nc3c(-c4ccc(CN)cc4)cc(Cl)cc32)cc(C)c1F. The number of fused-ring (bicyclic) bond motifs is 1. The van der Waals surface area contributed by atoms with Gasteiger partial charge in [0.25, 0.3) is 0 Å². The number of halogens is 2. The molecule has 0 atom stereocenters. The number of imidazole rings is 1. The molecule has 1 aromatic heterocycles. The van der Waals surface area contributed by atoms with Gasteiger partial charge in [0.1, 0.15) is 5.82 Å². The Kier molecular flexibility index (Phi) is 6.30. The lowest BCUT2D eigenvalue weighted by atomic mass is 10.0. The maximum Gasteiger partial charge on any atom is 0.206 e. The molecule has 1 aliphatic heterocycles. The molecule has 1 aliphatic rings. The quantitative estimate of drug-likeness (QED) is 0.423. The van der Waals surface area contributed by atoms with E-state index in [1.165, 1.54) is 0 Å². The number of nitrogens with zero attached hydrogens (tertiary/aromatic N) is 3. The number of anilines is 1. The highest BCUT2D eigenvalue weighted by Crippen LogP contribution is 2.35. The van der Waals surface area contributed by atoms with Gasteiger partial charge >= 0.3 is 0 Å². The Morgan fingerprint density at radius 1 is 1.00 bits per heavy atom. The van der Waals surface area contributed by atoms with Crippen LogP contribution in [0.5, 0.6) is 0 Å². The van der Waals surface area contributed by atoms with Crippen LogP contribution in [0.1, 0.15) is 22.3 Å². The molecule has 0 aliphatic carbocycles. The lowest BCUT2D eigenvalue weighted by Gasteiger charge is -2.29. The number of benzene rings is 3. The van der Waals surface area contributed by atoms with Gasteiger partial charge in [-0.2, -0.15) is 0 Å². The molecule has 4 aromatic rings. The predicted molar refractivity (Wildman–Crippen MR) is 138 cm³/mol. The smallest absolute Gasteiger partial charge is 0.206 e. The largest absolute Gasteiger partial charge is 0.340 e. The Morgan fingerprint density at radius 3 is 2.32 bits per heavy atom. The molecule has 0 bridgehead atoms. The van der Waals surface area contributed by atoms with Crippen LogP contribution in [0.3, 0.4) is 0 Å². The van der Waals surface area contributed by atoms with Crippen LogP contribution >= 0.6 is 11.6 Å². The molecule has 3 N–H and O–H groups in total. The molecule has 2 heterocycles. The topological polar surface area (TPSA) is 59.1 Å². The van der Waals surface area contributed by atoms with E-state index in [0.29, 0.717) is 29.2 Å². The molecule has 0 radical (unpaired) electrons. The average Bonchev–Trinajstić information content (AvgIpc) is 3.20. The Hall–Kier alpha value is -2.93. The monoisotopic (exact) mass is 477 g/mol. The maximum absolute atomic E-state index is 14.3. The Bertz CT molecular complexity index is 1320. The molecule has 0 saturated carbocycles. The molecular formula is C27H29ClFN5. The summed E-state index contributed by atoms with van der Waals surface area (Å²) >= 11 is 6.64. The number of nitrogens with one attached hydrogen (secondary N) is 1. The van der Waals surface area contributed by atoms with Gasteiger partial charge in [-0.15, -0.1) is 0 Å². The van der Waals surface area contributed by atoms with Gasteiger partial charge < -0.3 is 20.5 Å². The van der Waals surface area contributed by atoms with Crippen LogP contribution in [0.15, 0.2) is 48.5 Å². The standard InChI is InChI=1S/C27H29ClFN5/c1-17-11-20(12-18(2)25(17)29)16-34-24-14-22(28)13-23(21-5-3-19(15-30)4-6-21)26(24)32-27(34)33-9-7-31-8-10-33/h3-6,11-14,31H,7-10,15-16,30H2,1-2H3. The number of aryl methyl sites for hydroxylation is 2. The zero-order valence-electron chi connectivity index (χ0n) is 19.5. The Balaban J connectivity index is 1.69. The van der Waals surface area contributed by atoms with Gasteiger partial charge in [-0.25, -0.2) is 9.37 Å². The zero-order chi connectivity index (χ0) is 23.8. The first kappa shape index (κ1) is 22.8. The lowest BCUT2D eigenvalue weighted by Crippen LogP contribution is -2.44. The van der Waals surface area contributed by atoms with E-state index in [1.807, 2.05) is 50.2 Å². The van der Waals surface area contributed by atoms with Crippen LogP contribution in [0, 0.1) is 19.7 Å². The molecule has 0 unspecified atom stereocenters. The van der Waals surface area contributed by atoms with Crippen LogP contribution in [0.4, 0.5) is 10.3 Å². The van der Waals surface area contributed by atoms with Gasteiger partial charge in [-0.3, -0.25) is 0 Å². The first-order chi connectivity index (χ1) is 16.4. The number of rotatable bonds is 5. The van der Waals surface area contributed by atoms with E-state index in [1.54, 1.807) is 0 Å². The van der Waals surface area contributed by atoms with Crippen molar-refractivity contribution in [1.29, 1.82) is 0 Å². The highest BCUT2D eigenvalue weighted by molar-refractivity contribution is 6.31. The van der Waals surface area contributed by atoms with Gasteiger partial charge in [0.15, 0.2) is 0 Å². The number of hydrogen-bond donors (Lipinski definition) is 2. The van der Waals surface area contributed by atoms with Gasteiger partial charge in [-0.1, -0.05) is 48.0 Å². The first-order valence-electron chi connectivity index (χ1n) is 11.6. The summed E-state index contributed by atoms with van der Waals surface area (Å²) < 4.78 is 16.5. The summed E-state index contributed by atoms with van der Waals surface area (Å²) in [5.74, 6) is 0.769. The second-order valence-electron chi connectivity index (χ2n) is 9.00. The third kappa shape index (κ3) is 4.29. The second-order valence-corrected chi connectivity index (χ2v) is 9.44. The Morgan fingerprint density at radius 2 is 1.68 bits per heavy atom. The molecule has 3 aromatic carbocycles. The fourth-order valence-electron chi connectivity index (χ4n) is 4.79. The minimum atomic E-state index is -0.146.